The molecule has 0 atom stereocenters. The van der Waals surface area contributed by atoms with Gasteiger partial charge in [-0.3, -0.25) is 9.59 Å². The van der Waals surface area contributed by atoms with E-state index in [-0.39, 0.29) is 18.5 Å². The Bertz CT molecular complexity index is 541. The first-order valence-corrected chi connectivity index (χ1v) is 5.85. The molecule has 0 unspecified atom stereocenters. The fourth-order valence-electron chi connectivity index (χ4n) is 2.23. The number of carboxylic acid groups (broad SMARTS) is 1. The van der Waals surface area contributed by atoms with Crippen LogP contribution in [0.2, 0.25) is 0 Å². The molecule has 1 aromatic rings. The Morgan fingerprint density at radius 3 is 2.37 bits per heavy atom. The molecule has 1 aliphatic carbocycles. The summed E-state index contributed by atoms with van der Waals surface area (Å²) >= 11 is 0. The van der Waals surface area contributed by atoms with Gasteiger partial charge < -0.3 is 10.0 Å². The predicted molar refractivity (Wildman–Crippen MR) is 63.7 cm³/mol. The van der Waals surface area contributed by atoms with Gasteiger partial charge >= 0.3 is 5.97 Å². The number of amides is 1. The third-order valence-electron chi connectivity index (χ3n) is 3.60. The molecule has 0 saturated heterocycles. The molecule has 0 heterocycles. The Hall–Kier alpha value is -1.98. The largest absolute Gasteiger partial charge is 0.480 e. The van der Waals surface area contributed by atoms with Crippen molar-refractivity contribution in [3.8, 4) is 0 Å². The van der Waals surface area contributed by atoms with E-state index in [1.807, 2.05) is 0 Å². The molecule has 0 spiro atoms. The van der Waals surface area contributed by atoms with Crippen LogP contribution in [0.4, 0.5) is 14.5 Å². The van der Waals surface area contributed by atoms with E-state index in [0.29, 0.717) is 12.5 Å². The minimum Gasteiger partial charge on any atom is -0.480 e. The van der Waals surface area contributed by atoms with E-state index in [9.17, 15) is 18.4 Å². The van der Waals surface area contributed by atoms with Crippen LogP contribution in [0.5, 0.6) is 0 Å². The number of aliphatic carboxylic acids is 1. The van der Waals surface area contributed by atoms with Crippen LogP contribution >= 0.6 is 0 Å². The topological polar surface area (TPSA) is 57.6 Å². The molecule has 1 aliphatic rings. The Morgan fingerprint density at radius 2 is 1.95 bits per heavy atom. The first-order chi connectivity index (χ1) is 8.88. The second-order valence-electron chi connectivity index (χ2n) is 4.70. The molecule has 2 rings (SSSR count). The van der Waals surface area contributed by atoms with Crippen molar-refractivity contribution in [2.24, 2.45) is 5.41 Å². The number of benzene rings is 1. The SMILES string of the molecule is CN(C(=O)C1(C(=O)O)CCC1)c1ccc(F)cc1F. The van der Waals surface area contributed by atoms with Crippen LogP contribution in [-0.4, -0.2) is 24.0 Å². The lowest BCUT2D eigenvalue weighted by atomic mass is 9.68. The number of hydrogen-bond acceptors (Lipinski definition) is 2. The zero-order chi connectivity index (χ0) is 14.2. The highest BCUT2D eigenvalue weighted by Crippen LogP contribution is 2.43. The molecule has 0 aromatic heterocycles. The van der Waals surface area contributed by atoms with Crippen molar-refractivity contribution in [3.63, 3.8) is 0 Å². The quantitative estimate of drug-likeness (QED) is 0.856. The molecule has 19 heavy (non-hydrogen) atoms. The van der Waals surface area contributed by atoms with E-state index in [2.05, 4.69) is 0 Å². The van der Waals surface area contributed by atoms with Crippen molar-refractivity contribution in [2.75, 3.05) is 11.9 Å². The molecule has 6 heteroatoms. The summed E-state index contributed by atoms with van der Waals surface area (Å²) in [5.74, 6) is -3.51. The Balaban J connectivity index is 2.31. The lowest BCUT2D eigenvalue weighted by Gasteiger charge is -2.38. The van der Waals surface area contributed by atoms with Gasteiger partial charge in [0, 0.05) is 13.1 Å². The third kappa shape index (κ3) is 2.07. The van der Waals surface area contributed by atoms with Gasteiger partial charge in [-0.2, -0.15) is 0 Å². The van der Waals surface area contributed by atoms with Crippen LogP contribution in [0.25, 0.3) is 0 Å². The Morgan fingerprint density at radius 1 is 1.32 bits per heavy atom. The number of carbonyl (C=O) groups excluding carboxylic acids is 1. The molecular formula is C13H13F2NO3. The van der Waals surface area contributed by atoms with E-state index < -0.39 is 28.9 Å². The number of halogens is 2. The maximum Gasteiger partial charge on any atom is 0.319 e. The summed E-state index contributed by atoms with van der Waals surface area (Å²) in [6.45, 7) is 0. The van der Waals surface area contributed by atoms with Crippen molar-refractivity contribution in [3.05, 3.63) is 29.8 Å². The van der Waals surface area contributed by atoms with Gasteiger partial charge in [0.2, 0.25) is 5.91 Å². The summed E-state index contributed by atoms with van der Waals surface area (Å²) < 4.78 is 26.4. The van der Waals surface area contributed by atoms with Gasteiger partial charge in [0.1, 0.15) is 17.0 Å². The highest BCUT2D eigenvalue weighted by molar-refractivity contribution is 6.10. The number of rotatable bonds is 3. The third-order valence-corrected chi connectivity index (χ3v) is 3.60. The van der Waals surface area contributed by atoms with E-state index >= 15 is 0 Å². The molecule has 102 valence electrons. The molecular weight excluding hydrogens is 256 g/mol. The zero-order valence-electron chi connectivity index (χ0n) is 10.3. The Kier molecular flexibility index (Phi) is 3.26. The zero-order valence-corrected chi connectivity index (χ0v) is 10.3. The smallest absolute Gasteiger partial charge is 0.319 e. The molecule has 0 aliphatic heterocycles. The van der Waals surface area contributed by atoms with Crippen LogP contribution in [0.3, 0.4) is 0 Å². The highest BCUT2D eigenvalue weighted by atomic mass is 19.1. The summed E-state index contributed by atoms with van der Waals surface area (Å²) in [7, 11) is 1.29. The summed E-state index contributed by atoms with van der Waals surface area (Å²) in [5.41, 5.74) is -1.59. The lowest BCUT2D eigenvalue weighted by molar-refractivity contribution is -0.160. The molecule has 1 amide bonds. The first-order valence-electron chi connectivity index (χ1n) is 5.85. The molecule has 1 fully saturated rings. The van der Waals surface area contributed by atoms with Gasteiger partial charge in [-0.05, 0) is 25.0 Å². The number of nitrogens with zero attached hydrogens (tertiary/aromatic N) is 1. The number of hydrogen-bond donors (Lipinski definition) is 1. The maximum absolute atomic E-state index is 13.6. The van der Waals surface area contributed by atoms with Gasteiger partial charge in [0.15, 0.2) is 0 Å². The average molecular weight is 269 g/mol. The minimum atomic E-state index is -1.46. The minimum absolute atomic E-state index is 0.126. The second kappa shape index (κ2) is 4.60. The van der Waals surface area contributed by atoms with Gasteiger partial charge in [-0.25, -0.2) is 8.78 Å². The van der Waals surface area contributed by atoms with Crippen molar-refractivity contribution < 1.29 is 23.5 Å². The predicted octanol–water partition coefficient (Wildman–Crippen LogP) is 2.18. The normalized spacial score (nSPS) is 16.6. The van der Waals surface area contributed by atoms with Crippen LogP contribution in [0.15, 0.2) is 18.2 Å². The summed E-state index contributed by atoms with van der Waals surface area (Å²) in [6.07, 6.45) is 1.14. The molecule has 0 bridgehead atoms. The van der Waals surface area contributed by atoms with Gasteiger partial charge in [-0.1, -0.05) is 6.42 Å². The van der Waals surface area contributed by atoms with Gasteiger partial charge in [-0.15, -0.1) is 0 Å². The van der Waals surface area contributed by atoms with E-state index in [1.165, 1.54) is 7.05 Å². The maximum atomic E-state index is 13.6. The molecule has 0 radical (unpaired) electrons. The van der Waals surface area contributed by atoms with Gasteiger partial charge in [0.25, 0.3) is 0 Å². The van der Waals surface area contributed by atoms with Crippen molar-refractivity contribution in [2.45, 2.75) is 19.3 Å². The highest BCUT2D eigenvalue weighted by Gasteiger charge is 2.52. The van der Waals surface area contributed by atoms with Crippen molar-refractivity contribution >= 4 is 17.6 Å². The van der Waals surface area contributed by atoms with Gasteiger partial charge in [0.05, 0.1) is 5.69 Å². The summed E-state index contributed by atoms with van der Waals surface area (Å²) in [5, 5.41) is 9.16. The summed E-state index contributed by atoms with van der Waals surface area (Å²) in [6, 6.07) is 2.81. The monoisotopic (exact) mass is 269 g/mol. The number of carbonyl (C=O) groups is 2. The van der Waals surface area contributed by atoms with Crippen LogP contribution in [-0.2, 0) is 9.59 Å². The molecule has 1 saturated carbocycles. The molecule has 4 nitrogen and oxygen atoms in total. The van der Waals surface area contributed by atoms with E-state index in [0.717, 1.165) is 17.0 Å². The Labute approximate surface area is 108 Å². The van der Waals surface area contributed by atoms with E-state index in [1.54, 1.807) is 0 Å². The standard InChI is InChI=1S/C13H13F2NO3/c1-16(10-4-3-8(14)7-9(10)15)11(17)13(12(18)19)5-2-6-13/h3-4,7H,2,5-6H2,1H3,(H,18,19). The van der Waals surface area contributed by atoms with Crippen molar-refractivity contribution in [1.82, 2.24) is 0 Å². The van der Waals surface area contributed by atoms with Crippen LogP contribution < -0.4 is 4.90 Å². The molecule has 1 aromatic carbocycles. The van der Waals surface area contributed by atoms with Crippen LogP contribution in [0, 0.1) is 17.0 Å². The lowest BCUT2D eigenvalue weighted by Crippen LogP contribution is -2.51. The fourth-order valence-corrected chi connectivity index (χ4v) is 2.23. The van der Waals surface area contributed by atoms with E-state index in [4.69, 9.17) is 5.11 Å². The number of anilines is 1. The van der Waals surface area contributed by atoms with Crippen LogP contribution in [0.1, 0.15) is 19.3 Å². The molecule has 1 N–H and O–H groups in total. The average Bonchev–Trinajstić information content (AvgIpc) is 2.25. The first kappa shape index (κ1) is 13.5. The second-order valence-corrected chi connectivity index (χ2v) is 4.70. The number of carboxylic acids is 1. The fraction of sp³-hybridized carbons (Fsp3) is 0.385. The summed E-state index contributed by atoms with van der Waals surface area (Å²) in [4.78, 5) is 24.4. The van der Waals surface area contributed by atoms with Crippen molar-refractivity contribution in [1.29, 1.82) is 0 Å².